The van der Waals surface area contributed by atoms with Crippen molar-refractivity contribution in [2.24, 2.45) is 0 Å². The van der Waals surface area contributed by atoms with Crippen molar-refractivity contribution in [1.82, 2.24) is 0 Å². The molecule has 1 heteroatoms. The Morgan fingerprint density at radius 3 is 2.80 bits per heavy atom. The molecule has 2 atom stereocenters. The van der Waals surface area contributed by atoms with E-state index in [0.717, 1.165) is 12.8 Å². The Labute approximate surface area is 91.4 Å². The summed E-state index contributed by atoms with van der Waals surface area (Å²) in [5.41, 5.74) is 3.97. The molecule has 1 aromatic rings. The number of hydrogen-bond acceptors (Lipinski definition) is 1. The molecule has 1 aliphatic carbocycles. The van der Waals surface area contributed by atoms with Crippen LogP contribution < -0.4 is 0 Å². The summed E-state index contributed by atoms with van der Waals surface area (Å²) in [7, 11) is 0. The third kappa shape index (κ3) is 2.13. The lowest BCUT2D eigenvalue weighted by Crippen LogP contribution is -2.23. The molecule has 1 N–H and O–H groups in total. The fourth-order valence-corrected chi connectivity index (χ4v) is 2.34. The van der Waals surface area contributed by atoms with E-state index in [1.54, 1.807) is 0 Å². The molecule has 1 aromatic carbocycles. The molecule has 0 spiro atoms. The minimum Gasteiger partial charge on any atom is -0.392 e. The fraction of sp³-hybridized carbons (Fsp3) is 0.429. The maximum atomic E-state index is 10.0. The third-order valence-corrected chi connectivity index (χ3v) is 3.05. The lowest BCUT2D eigenvalue weighted by Gasteiger charge is -2.28. The SMILES string of the molecule is CC(C)=CC1c2ccccc2CCC1O. The average Bonchev–Trinajstić information content (AvgIpc) is 2.22. The Morgan fingerprint density at radius 2 is 2.07 bits per heavy atom. The van der Waals surface area contributed by atoms with E-state index in [-0.39, 0.29) is 12.0 Å². The van der Waals surface area contributed by atoms with Crippen LogP contribution in [0.3, 0.4) is 0 Å². The summed E-state index contributed by atoms with van der Waals surface area (Å²) < 4.78 is 0. The molecular weight excluding hydrogens is 184 g/mol. The number of aliphatic hydroxyl groups is 1. The van der Waals surface area contributed by atoms with Crippen LogP contribution in [0.25, 0.3) is 0 Å². The predicted octanol–water partition coefficient (Wildman–Crippen LogP) is 3.04. The summed E-state index contributed by atoms with van der Waals surface area (Å²) >= 11 is 0. The van der Waals surface area contributed by atoms with E-state index < -0.39 is 0 Å². The highest BCUT2D eigenvalue weighted by atomic mass is 16.3. The van der Waals surface area contributed by atoms with Gasteiger partial charge < -0.3 is 5.11 Å². The molecule has 0 bridgehead atoms. The van der Waals surface area contributed by atoms with Gasteiger partial charge in [0.15, 0.2) is 0 Å². The lowest BCUT2D eigenvalue weighted by atomic mass is 9.80. The molecule has 0 amide bonds. The smallest absolute Gasteiger partial charge is 0.0646 e. The second-order valence-corrected chi connectivity index (χ2v) is 4.57. The first-order valence-corrected chi connectivity index (χ1v) is 5.59. The van der Waals surface area contributed by atoms with E-state index in [0.29, 0.717) is 0 Å². The van der Waals surface area contributed by atoms with E-state index >= 15 is 0 Å². The molecule has 2 unspecified atom stereocenters. The topological polar surface area (TPSA) is 20.2 Å². The highest BCUT2D eigenvalue weighted by molar-refractivity contribution is 5.37. The molecule has 0 heterocycles. The van der Waals surface area contributed by atoms with E-state index in [9.17, 15) is 5.11 Å². The number of rotatable bonds is 1. The molecule has 0 aliphatic heterocycles. The molecule has 0 saturated carbocycles. The number of benzene rings is 1. The maximum Gasteiger partial charge on any atom is 0.0646 e. The zero-order valence-corrected chi connectivity index (χ0v) is 9.40. The Bertz CT molecular complexity index is 375. The molecule has 1 nitrogen and oxygen atoms in total. The molecule has 0 fully saturated rings. The van der Waals surface area contributed by atoms with Crippen LogP contribution in [0.5, 0.6) is 0 Å². The van der Waals surface area contributed by atoms with Crippen molar-refractivity contribution in [2.75, 3.05) is 0 Å². The van der Waals surface area contributed by atoms with Crippen LogP contribution in [0.4, 0.5) is 0 Å². The Morgan fingerprint density at radius 1 is 1.33 bits per heavy atom. The number of aryl methyl sites for hydroxylation is 1. The van der Waals surface area contributed by atoms with E-state index in [2.05, 4.69) is 44.2 Å². The van der Waals surface area contributed by atoms with Gasteiger partial charge in [0.25, 0.3) is 0 Å². The van der Waals surface area contributed by atoms with Gasteiger partial charge in [-0.3, -0.25) is 0 Å². The van der Waals surface area contributed by atoms with Gasteiger partial charge in [0.2, 0.25) is 0 Å². The van der Waals surface area contributed by atoms with Crippen molar-refractivity contribution in [3.63, 3.8) is 0 Å². The van der Waals surface area contributed by atoms with Gasteiger partial charge in [-0.15, -0.1) is 0 Å². The summed E-state index contributed by atoms with van der Waals surface area (Å²) in [4.78, 5) is 0. The second-order valence-electron chi connectivity index (χ2n) is 4.57. The molecule has 0 radical (unpaired) electrons. The summed E-state index contributed by atoms with van der Waals surface area (Å²) in [6.07, 6.45) is 3.85. The molecule has 0 aromatic heterocycles. The quantitative estimate of drug-likeness (QED) is 0.694. The minimum absolute atomic E-state index is 0.194. The fourth-order valence-electron chi connectivity index (χ4n) is 2.34. The lowest BCUT2D eigenvalue weighted by molar-refractivity contribution is 0.142. The van der Waals surface area contributed by atoms with Crippen molar-refractivity contribution < 1.29 is 5.11 Å². The first-order valence-electron chi connectivity index (χ1n) is 5.59. The Hall–Kier alpha value is -1.08. The average molecular weight is 202 g/mol. The second kappa shape index (κ2) is 4.19. The number of fused-ring (bicyclic) bond motifs is 1. The summed E-state index contributed by atoms with van der Waals surface area (Å²) in [6.45, 7) is 4.17. The van der Waals surface area contributed by atoms with Gasteiger partial charge >= 0.3 is 0 Å². The van der Waals surface area contributed by atoms with Crippen LogP contribution >= 0.6 is 0 Å². The van der Waals surface area contributed by atoms with Crippen molar-refractivity contribution >= 4 is 0 Å². The van der Waals surface area contributed by atoms with Crippen LogP contribution in [0.15, 0.2) is 35.9 Å². The molecule has 80 valence electrons. The van der Waals surface area contributed by atoms with Crippen molar-refractivity contribution in [2.45, 2.75) is 38.7 Å². The standard InChI is InChI=1S/C14H18O/c1-10(2)9-13-12-6-4-3-5-11(12)7-8-14(13)15/h3-6,9,13-15H,7-8H2,1-2H3. The Balaban J connectivity index is 2.41. The summed E-state index contributed by atoms with van der Waals surface area (Å²) in [5.74, 6) is 0.194. The monoisotopic (exact) mass is 202 g/mol. The van der Waals surface area contributed by atoms with Crippen molar-refractivity contribution in [3.05, 3.63) is 47.0 Å². The molecular formula is C14H18O. The van der Waals surface area contributed by atoms with Crippen molar-refractivity contribution in [3.8, 4) is 0 Å². The Kier molecular flexibility index (Phi) is 2.92. The van der Waals surface area contributed by atoms with E-state index in [4.69, 9.17) is 0 Å². The zero-order chi connectivity index (χ0) is 10.8. The van der Waals surface area contributed by atoms with Gasteiger partial charge in [-0.1, -0.05) is 35.9 Å². The number of allylic oxidation sites excluding steroid dienone is 1. The highest BCUT2D eigenvalue weighted by Gasteiger charge is 2.25. The van der Waals surface area contributed by atoms with Gasteiger partial charge in [-0.25, -0.2) is 0 Å². The third-order valence-electron chi connectivity index (χ3n) is 3.05. The van der Waals surface area contributed by atoms with Gasteiger partial charge in [-0.05, 0) is 37.8 Å². The highest BCUT2D eigenvalue weighted by Crippen LogP contribution is 2.33. The number of aliphatic hydroxyl groups excluding tert-OH is 1. The van der Waals surface area contributed by atoms with Crippen LogP contribution in [-0.2, 0) is 6.42 Å². The molecule has 0 saturated heterocycles. The van der Waals surface area contributed by atoms with Gasteiger partial charge in [0.05, 0.1) is 6.10 Å². The molecule has 1 aliphatic rings. The first kappa shape index (κ1) is 10.4. The molecule has 15 heavy (non-hydrogen) atoms. The normalized spacial score (nSPS) is 24.5. The summed E-state index contributed by atoms with van der Waals surface area (Å²) in [5, 5.41) is 10.0. The van der Waals surface area contributed by atoms with Crippen LogP contribution in [-0.4, -0.2) is 11.2 Å². The zero-order valence-electron chi connectivity index (χ0n) is 9.40. The first-order chi connectivity index (χ1) is 7.18. The van der Waals surface area contributed by atoms with Gasteiger partial charge in [0, 0.05) is 5.92 Å². The van der Waals surface area contributed by atoms with Crippen LogP contribution in [0, 0.1) is 0 Å². The minimum atomic E-state index is -0.213. The summed E-state index contributed by atoms with van der Waals surface area (Å²) in [6, 6.07) is 8.45. The van der Waals surface area contributed by atoms with E-state index in [1.807, 2.05) is 0 Å². The van der Waals surface area contributed by atoms with E-state index in [1.165, 1.54) is 16.7 Å². The predicted molar refractivity (Wildman–Crippen MR) is 62.9 cm³/mol. The maximum absolute atomic E-state index is 10.0. The van der Waals surface area contributed by atoms with Crippen LogP contribution in [0.1, 0.15) is 37.3 Å². The van der Waals surface area contributed by atoms with Crippen LogP contribution in [0.2, 0.25) is 0 Å². The van der Waals surface area contributed by atoms with Gasteiger partial charge in [0.1, 0.15) is 0 Å². The largest absolute Gasteiger partial charge is 0.392 e. The molecule has 2 rings (SSSR count). The number of hydrogen-bond donors (Lipinski definition) is 1. The van der Waals surface area contributed by atoms with Crippen molar-refractivity contribution in [1.29, 1.82) is 0 Å². The van der Waals surface area contributed by atoms with Gasteiger partial charge in [-0.2, -0.15) is 0 Å².